The summed E-state index contributed by atoms with van der Waals surface area (Å²) in [5, 5.41) is 2.48. The van der Waals surface area contributed by atoms with Crippen LogP contribution in [-0.4, -0.2) is 9.97 Å². The Morgan fingerprint density at radius 3 is 2.65 bits per heavy atom. The molecule has 1 heterocycles. The lowest BCUT2D eigenvalue weighted by molar-refractivity contribution is 0.833. The highest BCUT2D eigenvalue weighted by Gasteiger charge is 2.03. The first kappa shape index (κ1) is 13.0. The van der Waals surface area contributed by atoms with E-state index in [1.807, 2.05) is 6.07 Å². The van der Waals surface area contributed by atoms with E-state index < -0.39 is 0 Å². The maximum absolute atomic E-state index is 5.27. The maximum atomic E-state index is 5.27. The molecule has 0 unspecified atom stereocenters. The topological polar surface area (TPSA) is 28.7 Å². The van der Waals surface area contributed by atoms with Gasteiger partial charge in [0.1, 0.15) is 10.5 Å². The summed E-state index contributed by atoms with van der Waals surface area (Å²) in [6.07, 6.45) is 1.98. The summed E-state index contributed by atoms with van der Waals surface area (Å²) in [5.41, 5.74) is 2.19. The van der Waals surface area contributed by atoms with Crippen molar-refractivity contribution in [1.29, 1.82) is 0 Å². The first-order chi connectivity index (χ1) is 9.76. The number of benzene rings is 2. The largest absolute Gasteiger partial charge is 0.343 e. The molecule has 3 heteroatoms. The van der Waals surface area contributed by atoms with Crippen LogP contribution in [0.3, 0.4) is 0 Å². The third kappa shape index (κ3) is 2.63. The van der Waals surface area contributed by atoms with Crippen molar-refractivity contribution < 1.29 is 0 Å². The van der Waals surface area contributed by atoms with Gasteiger partial charge in [0.15, 0.2) is 0 Å². The summed E-state index contributed by atoms with van der Waals surface area (Å²) in [6, 6.07) is 16.7. The number of fused-ring (bicyclic) bond motifs is 1. The van der Waals surface area contributed by atoms with Crippen molar-refractivity contribution in [2.24, 2.45) is 0 Å². The van der Waals surface area contributed by atoms with Crippen molar-refractivity contribution in [3.8, 4) is 11.3 Å². The molecule has 0 radical (unpaired) electrons. The highest BCUT2D eigenvalue weighted by molar-refractivity contribution is 7.71. The summed E-state index contributed by atoms with van der Waals surface area (Å²) >= 11 is 5.27. The Balaban J connectivity index is 2.12. The number of hydrogen-bond donors (Lipinski definition) is 1. The van der Waals surface area contributed by atoms with Gasteiger partial charge in [-0.1, -0.05) is 55.5 Å². The lowest BCUT2D eigenvalue weighted by Gasteiger charge is -2.07. The monoisotopic (exact) mass is 280 g/mol. The Kier molecular flexibility index (Phi) is 3.61. The molecule has 0 bridgehead atoms. The minimum Gasteiger partial charge on any atom is -0.343 e. The zero-order valence-electron chi connectivity index (χ0n) is 11.4. The normalized spacial score (nSPS) is 10.8. The van der Waals surface area contributed by atoms with Gasteiger partial charge in [0.05, 0.1) is 0 Å². The third-order valence-electron chi connectivity index (χ3n) is 3.34. The lowest BCUT2D eigenvalue weighted by atomic mass is 10.0. The van der Waals surface area contributed by atoms with Crippen LogP contribution in [0.4, 0.5) is 0 Å². The van der Waals surface area contributed by atoms with E-state index in [1.165, 1.54) is 10.8 Å². The Morgan fingerprint density at radius 2 is 1.85 bits per heavy atom. The smallest absolute Gasteiger partial charge is 0.130 e. The molecule has 3 rings (SSSR count). The van der Waals surface area contributed by atoms with E-state index in [9.17, 15) is 0 Å². The molecule has 0 atom stereocenters. The summed E-state index contributed by atoms with van der Waals surface area (Å²) in [5.74, 6) is 0.961. The molecule has 3 aromatic rings. The van der Waals surface area contributed by atoms with Crippen LogP contribution in [0.2, 0.25) is 0 Å². The number of aromatic nitrogens is 2. The molecule has 2 nitrogen and oxygen atoms in total. The number of H-pyrrole nitrogens is 1. The zero-order valence-corrected chi connectivity index (χ0v) is 12.2. The molecular formula is C17H16N2S. The van der Waals surface area contributed by atoms with E-state index in [-0.39, 0.29) is 0 Å². The van der Waals surface area contributed by atoms with Crippen LogP contribution in [0.5, 0.6) is 0 Å². The summed E-state index contributed by atoms with van der Waals surface area (Å²) < 4.78 is 0.648. The van der Waals surface area contributed by atoms with Crippen molar-refractivity contribution in [3.63, 3.8) is 0 Å². The minimum absolute atomic E-state index is 0.648. The lowest BCUT2D eigenvalue weighted by Crippen LogP contribution is -1.96. The Bertz CT molecular complexity index is 805. The van der Waals surface area contributed by atoms with Crippen molar-refractivity contribution in [3.05, 3.63) is 59.0 Å². The molecule has 0 fully saturated rings. The second-order valence-corrected chi connectivity index (χ2v) is 5.31. The number of aryl methyl sites for hydroxylation is 1. The fraction of sp³-hybridized carbons (Fsp3) is 0.176. The molecule has 2 aromatic carbocycles. The Hall–Kier alpha value is -2.00. The predicted octanol–water partition coefficient (Wildman–Crippen LogP) is 4.91. The van der Waals surface area contributed by atoms with Crippen LogP contribution in [0.25, 0.3) is 22.0 Å². The van der Waals surface area contributed by atoms with Gasteiger partial charge >= 0.3 is 0 Å². The van der Waals surface area contributed by atoms with E-state index in [2.05, 4.69) is 59.4 Å². The van der Waals surface area contributed by atoms with Crippen LogP contribution >= 0.6 is 12.2 Å². The summed E-state index contributed by atoms with van der Waals surface area (Å²) in [7, 11) is 0. The average molecular weight is 280 g/mol. The molecule has 100 valence electrons. The standard InChI is InChI=1S/C17H16N2S/c1-2-5-16-18-15(11-17(20)19-16)14-9-8-12-6-3-4-7-13(12)10-14/h3-4,6-11H,2,5H2,1H3,(H,18,19,20). The van der Waals surface area contributed by atoms with Crippen molar-refractivity contribution in [2.75, 3.05) is 0 Å². The first-order valence-electron chi connectivity index (χ1n) is 6.85. The molecule has 0 aliphatic heterocycles. The van der Waals surface area contributed by atoms with Crippen molar-refractivity contribution in [2.45, 2.75) is 19.8 Å². The van der Waals surface area contributed by atoms with Gasteiger partial charge in [0.25, 0.3) is 0 Å². The van der Waals surface area contributed by atoms with Gasteiger partial charge in [-0.2, -0.15) is 0 Å². The molecule has 1 aromatic heterocycles. The fourth-order valence-electron chi connectivity index (χ4n) is 2.38. The molecule has 0 aliphatic rings. The molecule has 0 amide bonds. The maximum Gasteiger partial charge on any atom is 0.130 e. The molecule has 0 aliphatic carbocycles. The van der Waals surface area contributed by atoms with E-state index in [0.29, 0.717) is 4.64 Å². The van der Waals surface area contributed by atoms with Gasteiger partial charge < -0.3 is 4.98 Å². The van der Waals surface area contributed by atoms with Crippen LogP contribution in [0, 0.1) is 4.64 Å². The van der Waals surface area contributed by atoms with Crippen molar-refractivity contribution in [1.82, 2.24) is 9.97 Å². The average Bonchev–Trinajstić information content (AvgIpc) is 2.46. The molecule has 1 N–H and O–H groups in total. The van der Waals surface area contributed by atoms with E-state index in [0.717, 1.165) is 29.9 Å². The first-order valence-corrected chi connectivity index (χ1v) is 7.26. The molecule has 0 saturated heterocycles. The number of hydrogen-bond acceptors (Lipinski definition) is 2. The third-order valence-corrected chi connectivity index (χ3v) is 3.55. The van der Waals surface area contributed by atoms with E-state index >= 15 is 0 Å². The predicted molar refractivity (Wildman–Crippen MR) is 86.4 cm³/mol. The van der Waals surface area contributed by atoms with Gasteiger partial charge in [-0.05, 0) is 34.9 Å². The van der Waals surface area contributed by atoms with Crippen LogP contribution < -0.4 is 0 Å². The quantitative estimate of drug-likeness (QED) is 0.690. The minimum atomic E-state index is 0.648. The fourth-order valence-corrected chi connectivity index (χ4v) is 2.60. The van der Waals surface area contributed by atoms with Gasteiger partial charge in [0.2, 0.25) is 0 Å². The molecular weight excluding hydrogens is 264 g/mol. The number of nitrogens with one attached hydrogen (secondary N) is 1. The van der Waals surface area contributed by atoms with Crippen LogP contribution in [-0.2, 0) is 6.42 Å². The van der Waals surface area contributed by atoms with Crippen LogP contribution in [0.15, 0.2) is 48.5 Å². The highest BCUT2D eigenvalue weighted by Crippen LogP contribution is 2.23. The van der Waals surface area contributed by atoms with E-state index in [1.54, 1.807) is 0 Å². The number of aromatic amines is 1. The van der Waals surface area contributed by atoms with Crippen molar-refractivity contribution >= 4 is 23.0 Å². The molecule has 20 heavy (non-hydrogen) atoms. The van der Waals surface area contributed by atoms with Crippen LogP contribution in [0.1, 0.15) is 19.2 Å². The van der Waals surface area contributed by atoms with E-state index in [4.69, 9.17) is 12.2 Å². The second-order valence-electron chi connectivity index (χ2n) is 4.89. The highest BCUT2D eigenvalue weighted by atomic mass is 32.1. The SMILES string of the molecule is CCCc1nc(=S)cc(-c2ccc3ccccc3c2)[nH]1. The Morgan fingerprint density at radius 1 is 1.05 bits per heavy atom. The van der Waals surface area contributed by atoms with Gasteiger partial charge in [-0.3, -0.25) is 0 Å². The Labute approximate surface area is 123 Å². The summed E-state index contributed by atoms with van der Waals surface area (Å²) in [6.45, 7) is 2.14. The summed E-state index contributed by atoms with van der Waals surface area (Å²) in [4.78, 5) is 7.76. The van der Waals surface area contributed by atoms with Gasteiger partial charge in [-0.25, -0.2) is 4.98 Å². The zero-order chi connectivity index (χ0) is 13.9. The molecule has 0 saturated carbocycles. The number of rotatable bonds is 3. The van der Waals surface area contributed by atoms with Gasteiger partial charge in [0, 0.05) is 12.1 Å². The molecule has 0 spiro atoms. The second kappa shape index (κ2) is 5.55. The number of nitrogens with zero attached hydrogens (tertiary/aromatic N) is 1. The van der Waals surface area contributed by atoms with Gasteiger partial charge in [-0.15, -0.1) is 0 Å².